The van der Waals surface area contributed by atoms with Crippen molar-refractivity contribution in [3.8, 4) is 0 Å². The third kappa shape index (κ3) is 5.30. The zero-order valence-electron chi connectivity index (χ0n) is 13.3. The molecule has 118 valence electrons. The molecule has 1 fully saturated rings. The van der Waals surface area contributed by atoms with Gasteiger partial charge in [0.1, 0.15) is 0 Å². The molecule has 2 atom stereocenters. The van der Waals surface area contributed by atoms with Crippen molar-refractivity contribution in [2.24, 2.45) is 0 Å². The number of rotatable bonds is 3. The highest BCUT2D eigenvalue weighted by Crippen LogP contribution is 2.16. The number of amides is 1. The molecule has 2 unspecified atom stereocenters. The Bertz CT molecular complexity index is 482. The average molecular weight is 312 g/mol. The van der Waals surface area contributed by atoms with Crippen LogP contribution in [0.25, 0.3) is 0 Å². The molecule has 1 saturated heterocycles. The monoisotopic (exact) mass is 311 g/mol. The molecule has 21 heavy (non-hydrogen) atoms. The molecule has 0 saturated carbocycles. The first kappa shape index (κ1) is 18.0. The molecular weight excluding hydrogens is 286 g/mol. The molecule has 1 amide bonds. The highest BCUT2D eigenvalue weighted by Gasteiger charge is 2.22. The first-order valence-electron chi connectivity index (χ1n) is 7.29. The van der Waals surface area contributed by atoms with Crippen molar-refractivity contribution in [2.45, 2.75) is 39.8 Å². The lowest BCUT2D eigenvalue weighted by atomic mass is 10.1. The molecule has 1 aromatic rings. The fourth-order valence-electron chi connectivity index (χ4n) is 2.83. The van der Waals surface area contributed by atoms with Crippen LogP contribution < -0.4 is 10.6 Å². The Kier molecular flexibility index (Phi) is 6.65. The van der Waals surface area contributed by atoms with Crippen LogP contribution in [0.4, 0.5) is 5.69 Å². The van der Waals surface area contributed by atoms with E-state index in [9.17, 15) is 4.79 Å². The minimum atomic E-state index is 0. The second-order valence-corrected chi connectivity index (χ2v) is 6.03. The lowest BCUT2D eigenvalue weighted by Gasteiger charge is -2.35. The number of aryl methyl sites for hydroxylation is 2. The number of nitrogens with zero attached hydrogens (tertiary/aromatic N) is 1. The molecule has 2 rings (SSSR count). The molecule has 1 aromatic carbocycles. The van der Waals surface area contributed by atoms with Crippen molar-refractivity contribution < 1.29 is 4.79 Å². The van der Waals surface area contributed by atoms with Crippen LogP contribution in [0.3, 0.4) is 0 Å². The van der Waals surface area contributed by atoms with Crippen molar-refractivity contribution in [2.75, 3.05) is 25.0 Å². The molecule has 1 heterocycles. The quantitative estimate of drug-likeness (QED) is 0.900. The van der Waals surface area contributed by atoms with Gasteiger partial charge in [0, 0.05) is 30.9 Å². The number of anilines is 1. The van der Waals surface area contributed by atoms with E-state index < -0.39 is 0 Å². The Balaban J connectivity index is 0.00000220. The van der Waals surface area contributed by atoms with E-state index in [1.165, 1.54) is 0 Å². The number of halogens is 1. The molecule has 1 aliphatic heterocycles. The van der Waals surface area contributed by atoms with Crippen LogP contribution in [0, 0.1) is 13.8 Å². The van der Waals surface area contributed by atoms with Crippen LogP contribution in [-0.4, -0.2) is 42.5 Å². The smallest absolute Gasteiger partial charge is 0.238 e. The summed E-state index contributed by atoms with van der Waals surface area (Å²) in [6.45, 7) is 10.7. The van der Waals surface area contributed by atoms with Crippen LogP contribution >= 0.6 is 12.4 Å². The highest BCUT2D eigenvalue weighted by molar-refractivity contribution is 5.93. The molecular formula is C16H26ClN3O. The number of nitrogens with one attached hydrogen (secondary N) is 2. The molecule has 5 heteroatoms. The molecule has 0 aromatic heterocycles. The molecule has 0 spiro atoms. The number of hydrogen-bond acceptors (Lipinski definition) is 3. The van der Waals surface area contributed by atoms with Gasteiger partial charge in [-0.3, -0.25) is 9.69 Å². The van der Waals surface area contributed by atoms with Gasteiger partial charge in [0.2, 0.25) is 5.91 Å². The van der Waals surface area contributed by atoms with Crippen LogP contribution in [-0.2, 0) is 4.79 Å². The van der Waals surface area contributed by atoms with Crippen molar-refractivity contribution in [1.29, 1.82) is 0 Å². The van der Waals surface area contributed by atoms with Gasteiger partial charge in [-0.05, 0) is 44.9 Å². The number of carbonyl (C=O) groups excluding carboxylic acids is 1. The Hall–Kier alpha value is -1.10. The van der Waals surface area contributed by atoms with Gasteiger partial charge in [0.05, 0.1) is 6.54 Å². The molecule has 4 nitrogen and oxygen atoms in total. The SMILES string of the molecule is Cc1ccc(C)c(NC(=O)CN2CC(C)NC(C)C2)c1.Cl. The van der Waals surface area contributed by atoms with Crippen LogP contribution in [0.5, 0.6) is 0 Å². The fourth-order valence-corrected chi connectivity index (χ4v) is 2.83. The third-order valence-electron chi connectivity index (χ3n) is 3.67. The molecule has 2 N–H and O–H groups in total. The van der Waals surface area contributed by atoms with E-state index >= 15 is 0 Å². The third-order valence-corrected chi connectivity index (χ3v) is 3.67. The van der Waals surface area contributed by atoms with Gasteiger partial charge in [-0.25, -0.2) is 0 Å². The molecule has 1 aliphatic rings. The van der Waals surface area contributed by atoms with E-state index in [4.69, 9.17) is 0 Å². The van der Waals surface area contributed by atoms with Crippen LogP contribution in [0.1, 0.15) is 25.0 Å². The Labute approximate surface area is 133 Å². The van der Waals surface area contributed by atoms with E-state index in [1.54, 1.807) is 0 Å². The maximum absolute atomic E-state index is 12.2. The first-order chi connectivity index (χ1) is 9.44. The van der Waals surface area contributed by atoms with Gasteiger partial charge in [-0.1, -0.05) is 12.1 Å². The van der Waals surface area contributed by atoms with Gasteiger partial charge in [-0.15, -0.1) is 12.4 Å². The summed E-state index contributed by atoms with van der Waals surface area (Å²) in [5.41, 5.74) is 3.19. The summed E-state index contributed by atoms with van der Waals surface area (Å²) in [6.07, 6.45) is 0. The lowest BCUT2D eigenvalue weighted by molar-refractivity contribution is -0.117. The Morgan fingerprint density at radius 2 is 1.90 bits per heavy atom. The zero-order valence-corrected chi connectivity index (χ0v) is 14.1. The normalized spacial score (nSPS) is 22.5. The maximum Gasteiger partial charge on any atom is 0.238 e. The van der Waals surface area contributed by atoms with Crippen molar-refractivity contribution in [3.05, 3.63) is 29.3 Å². The van der Waals surface area contributed by atoms with Crippen LogP contribution in [0.15, 0.2) is 18.2 Å². The van der Waals surface area contributed by atoms with E-state index in [2.05, 4.69) is 35.4 Å². The summed E-state index contributed by atoms with van der Waals surface area (Å²) in [6, 6.07) is 7.00. The first-order valence-corrected chi connectivity index (χ1v) is 7.29. The predicted molar refractivity (Wildman–Crippen MR) is 90.3 cm³/mol. The number of piperazine rings is 1. The standard InChI is InChI=1S/C16H25N3O.ClH/c1-11-5-6-12(2)15(7-11)18-16(20)10-19-8-13(3)17-14(4)9-19;/h5-7,13-14,17H,8-10H2,1-4H3,(H,18,20);1H. The second-order valence-electron chi connectivity index (χ2n) is 6.03. The second kappa shape index (κ2) is 7.78. The summed E-state index contributed by atoms with van der Waals surface area (Å²) in [7, 11) is 0. The van der Waals surface area contributed by atoms with Gasteiger partial charge >= 0.3 is 0 Å². The van der Waals surface area contributed by atoms with Gasteiger partial charge in [0.25, 0.3) is 0 Å². The Morgan fingerprint density at radius 1 is 1.29 bits per heavy atom. The van der Waals surface area contributed by atoms with E-state index in [0.717, 1.165) is 29.9 Å². The predicted octanol–water partition coefficient (Wildman–Crippen LogP) is 2.35. The summed E-state index contributed by atoms with van der Waals surface area (Å²) in [4.78, 5) is 14.4. The van der Waals surface area contributed by atoms with E-state index in [0.29, 0.717) is 18.6 Å². The largest absolute Gasteiger partial charge is 0.325 e. The van der Waals surface area contributed by atoms with Crippen molar-refractivity contribution >= 4 is 24.0 Å². The average Bonchev–Trinajstić information content (AvgIpc) is 2.32. The number of carbonyl (C=O) groups is 1. The fraction of sp³-hybridized carbons (Fsp3) is 0.562. The number of hydrogen-bond donors (Lipinski definition) is 2. The Morgan fingerprint density at radius 3 is 2.52 bits per heavy atom. The van der Waals surface area contributed by atoms with E-state index in [-0.39, 0.29) is 18.3 Å². The summed E-state index contributed by atoms with van der Waals surface area (Å²) < 4.78 is 0. The van der Waals surface area contributed by atoms with Crippen molar-refractivity contribution in [1.82, 2.24) is 10.2 Å². The lowest BCUT2D eigenvalue weighted by Crippen LogP contribution is -2.55. The van der Waals surface area contributed by atoms with Gasteiger partial charge in [0.15, 0.2) is 0 Å². The van der Waals surface area contributed by atoms with E-state index in [1.807, 2.05) is 26.0 Å². The van der Waals surface area contributed by atoms with Gasteiger partial charge in [-0.2, -0.15) is 0 Å². The van der Waals surface area contributed by atoms with Crippen LogP contribution in [0.2, 0.25) is 0 Å². The number of benzene rings is 1. The summed E-state index contributed by atoms with van der Waals surface area (Å²) in [5, 5.41) is 6.50. The highest BCUT2D eigenvalue weighted by atomic mass is 35.5. The molecule has 0 bridgehead atoms. The minimum absolute atomic E-state index is 0. The topological polar surface area (TPSA) is 44.4 Å². The maximum atomic E-state index is 12.2. The van der Waals surface area contributed by atoms with Crippen molar-refractivity contribution in [3.63, 3.8) is 0 Å². The zero-order chi connectivity index (χ0) is 14.7. The van der Waals surface area contributed by atoms with Gasteiger partial charge < -0.3 is 10.6 Å². The summed E-state index contributed by atoms with van der Waals surface area (Å²) in [5.74, 6) is 0.0694. The summed E-state index contributed by atoms with van der Waals surface area (Å²) >= 11 is 0. The molecule has 0 radical (unpaired) electrons. The molecule has 0 aliphatic carbocycles. The minimum Gasteiger partial charge on any atom is -0.325 e.